The average Bonchev–Trinajstić information content (AvgIpc) is 2.17. The fourth-order valence-electron chi connectivity index (χ4n) is 1.80. The molecule has 0 heterocycles. The maximum atomic E-state index is 5.86. The van der Waals surface area contributed by atoms with Crippen molar-refractivity contribution in [3.63, 3.8) is 0 Å². The summed E-state index contributed by atoms with van der Waals surface area (Å²) in [6.07, 6.45) is 7.61. The van der Waals surface area contributed by atoms with Crippen LogP contribution >= 0.6 is 0 Å². The molecule has 0 radical (unpaired) electrons. The van der Waals surface area contributed by atoms with E-state index in [0.29, 0.717) is 0 Å². The molecule has 0 bridgehead atoms. The summed E-state index contributed by atoms with van der Waals surface area (Å²) in [5.74, 6) is 0. The van der Waals surface area contributed by atoms with Crippen molar-refractivity contribution in [1.82, 2.24) is 4.90 Å². The molecular formula is C12H25NOSi. The lowest BCUT2D eigenvalue weighted by atomic mass is 10.0. The maximum absolute atomic E-state index is 5.86. The highest BCUT2D eigenvalue weighted by atomic mass is 28.4. The fourth-order valence-corrected chi connectivity index (χ4v) is 2.50. The van der Waals surface area contributed by atoms with Crippen molar-refractivity contribution in [2.24, 2.45) is 0 Å². The van der Waals surface area contributed by atoms with E-state index in [0.717, 1.165) is 13.2 Å². The Kier molecular flexibility index (Phi) is 4.86. The molecule has 0 atom stereocenters. The first-order valence-corrected chi connectivity index (χ1v) is 9.44. The number of nitrogens with zero attached hydrogens (tertiary/aromatic N) is 1. The largest absolute Gasteiger partial charge is 0.416 e. The number of hydrogen-bond acceptors (Lipinski definition) is 2. The van der Waals surface area contributed by atoms with E-state index >= 15 is 0 Å². The first kappa shape index (κ1) is 12.8. The second-order valence-electron chi connectivity index (χ2n) is 5.32. The van der Waals surface area contributed by atoms with Crippen LogP contribution in [0.25, 0.3) is 0 Å². The van der Waals surface area contributed by atoms with E-state index in [9.17, 15) is 0 Å². The fraction of sp³-hybridized carbons (Fsp3) is 0.833. The van der Waals surface area contributed by atoms with Crippen molar-refractivity contribution in [2.45, 2.75) is 45.3 Å². The zero-order valence-corrected chi connectivity index (χ0v) is 11.7. The minimum Gasteiger partial charge on any atom is -0.416 e. The molecule has 15 heavy (non-hydrogen) atoms. The monoisotopic (exact) mass is 227 g/mol. The van der Waals surface area contributed by atoms with Gasteiger partial charge in [-0.15, -0.1) is 0 Å². The van der Waals surface area contributed by atoms with E-state index in [-0.39, 0.29) is 0 Å². The van der Waals surface area contributed by atoms with Crippen LogP contribution in [0.15, 0.2) is 11.8 Å². The third-order valence-corrected chi connectivity index (χ3v) is 3.79. The van der Waals surface area contributed by atoms with E-state index in [1.165, 1.54) is 31.4 Å². The van der Waals surface area contributed by atoms with Gasteiger partial charge >= 0.3 is 0 Å². The van der Waals surface area contributed by atoms with Gasteiger partial charge in [0.1, 0.15) is 0 Å². The van der Waals surface area contributed by atoms with Gasteiger partial charge in [-0.05, 0) is 45.3 Å². The zero-order chi connectivity index (χ0) is 11.3. The Morgan fingerprint density at radius 2 is 2.07 bits per heavy atom. The highest BCUT2D eigenvalue weighted by Gasteiger charge is 2.14. The standard InChI is InChI=1S/C12H25NOSi/c1-13(10-11-14-15(2,3)4)12-8-6-5-7-9-12/h8H,5-7,9-11H2,1-4H3. The van der Waals surface area contributed by atoms with E-state index < -0.39 is 8.32 Å². The van der Waals surface area contributed by atoms with E-state index in [1.54, 1.807) is 0 Å². The van der Waals surface area contributed by atoms with Crippen molar-refractivity contribution in [3.05, 3.63) is 11.8 Å². The predicted molar refractivity (Wildman–Crippen MR) is 68.5 cm³/mol. The first-order chi connectivity index (χ1) is 6.99. The van der Waals surface area contributed by atoms with Crippen molar-refractivity contribution in [3.8, 4) is 0 Å². The molecule has 0 saturated carbocycles. The number of likely N-dealkylation sites (N-methyl/N-ethyl adjacent to an activating group) is 1. The van der Waals surface area contributed by atoms with Gasteiger partial charge in [0.15, 0.2) is 8.32 Å². The van der Waals surface area contributed by atoms with Crippen LogP contribution in [-0.4, -0.2) is 33.4 Å². The second-order valence-corrected chi connectivity index (χ2v) is 9.84. The quantitative estimate of drug-likeness (QED) is 0.669. The van der Waals surface area contributed by atoms with Crippen LogP contribution in [0.1, 0.15) is 25.7 Å². The lowest BCUT2D eigenvalue weighted by Gasteiger charge is -2.27. The summed E-state index contributed by atoms with van der Waals surface area (Å²) < 4.78 is 5.86. The van der Waals surface area contributed by atoms with Gasteiger partial charge in [-0.2, -0.15) is 0 Å². The minimum absolute atomic E-state index is 0.879. The zero-order valence-electron chi connectivity index (χ0n) is 10.7. The summed E-state index contributed by atoms with van der Waals surface area (Å²) in [7, 11) is 0.866. The van der Waals surface area contributed by atoms with Crippen molar-refractivity contribution in [1.29, 1.82) is 0 Å². The topological polar surface area (TPSA) is 12.5 Å². The summed E-state index contributed by atoms with van der Waals surface area (Å²) in [5, 5.41) is 0. The highest BCUT2D eigenvalue weighted by Crippen LogP contribution is 2.19. The molecule has 1 aliphatic rings. The van der Waals surface area contributed by atoms with Gasteiger partial charge < -0.3 is 9.33 Å². The summed E-state index contributed by atoms with van der Waals surface area (Å²) in [5.41, 5.74) is 1.51. The molecule has 2 nitrogen and oxygen atoms in total. The molecule has 0 fully saturated rings. The number of rotatable bonds is 5. The lowest BCUT2D eigenvalue weighted by molar-refractivity contribution is 0.254. The van der Waals surface area contributed by atoms with Crippen LogP contribution in [-0.2, 0) is 4.43 Å². The van der Waals surface area contributed by atoms with Crippen LogP contribution in [0, 0.1) is 0 Å². The molecule has 3 heteroatoms. The van der Waals surface area contributed by atoms with Gasteiger partial charge in [-0.25, -0.2) is 0 Å². The van der Waals surface area contributed by atoms with Crippen molar-refractivity contribution < 1.29 is 4.43 Å². The normalized spacial score (nSPS) is 17.5. The molecule has 88 valence electrons. The lowest BCUT2D eigenvalue weighted by Crippen LogP contribution is -2.31. The van der Waals surface area contributed by atoms with Gasteiger partial charge in [0.2, 0.25) is 0 Å². The molecule has 0 aromatic heterocycles. The minimum atomic E-state index is -1.32. The van der Waals surface area contributed by atoms with E-state index in [1.807, 2.05) is 0 Å². The smallest absolute Gasteiger partial charge is 0.183 e. The van der Waals surface area contributed by atoms with Gasteiger partial charge in [-0.1, -0.05) is 6.08 Å². The first-order valence-electron chi connectivity index (χ1n) is 6.03. The Hall–Kier alpha value is -0.283. The van der Waals surface area contributed by atoms with E-state index in [2.05, 4.69) is 37.7 Å². The van der Waals surface area contributed by atoms with Gasteiger partial charge in [0.25, 0.3) is 0 Å². The Balaban J connectivity index is 2.23. The van der Waals surface area contributed by atoms with Gasteiger partial charge in [0.05, 0.1) is 6.61 Å². The van der Waals surface area contributed by atoms with Gasteiger partial charge in [-0.3, -0.25) is 0 Å². The highest BCUT2D eigenvalue weighted by molar-refractivity contribution is 6.69. The second kappa shape index (κ2) is 5.71. The van der Waals surface area contributed by atoms with E-state index in [4.69, 9.17) is 4.43 Å². The molecule has 0 N–H and O–H groups in total. The Labute approximate surface area is 95.4 Å². The average molecular weight is 227 g/mol. The summed E-state index contributed by atoms with van der Waals surface area (Å²) in [4.78, 5) is 2.36. The van der Waals surface area contributed by atoms with Crippen LogP contribution in [0.2, 0.25) is 19.6 Å². The molecular weight excluding hydrogens is 202 g/mol. The molecule has 0 aliphatic heterocycles. The molecule has 0 saturated heterocycles. The third kappa shape index (κ3) is 5.38. The van der Waals surface area contributed by atoms with Crippen molar-refractivity contribution >= 4 is 8.32 Å². The Morgan fingerprint density at radius 1 is 1.33 bits per heavy atom. The van der Waals surface area contributed by atoms with Crippen LogP contribution < -0.4 is 0 Å². The number of allylic oxidation sites excluding steroid dienone is 2. The van der Waals surface area contributed by atoms with Crippen LogP contribution in [0.4, 0.5) is 0 Å². The maximum Gasteiger partial charge on any atom is 0.183 e. The predicted octanol–water partition coefficient (Wildman–Crippen LogP) is 3.23. The Bertz CT molecular complexity index is 220. The molecule has 0 aromatic rings. The summed E-state index contributed by atoms with van der Waals surface area (Å²) in [6, 6.07) is 0. The third-order valence-electron chi connectivity index (χ3n) is 2.72. The SMILES string of the molecule is CN(CCO[Si](C)(C)C)C1=CCCCC1. The molecule has 0 unspecified atom stereocenters. The van der Waals surface area contributed by atoms with Crippen molar-refractivity contribution in [2.75, 3.05) is 20.2 Å². The van der Waals surface area contributed by atoms with Crippen LogP contribution in [0.3, 0.4) is 0 Å². The molecule has 0 aromatic carbocycles. The molecule has 0 spiro atoms. The molecule has 0 amide bonds. The molecule has 1 rings (SSSR count). The summed E-state index contributed by atoms with van der Waals surface area (Å²) >= 11 is 0. The Morgan fingerprint density at radius 3 is 2.60 bits per heavy atom. The van der Waals surface area contributed by atoms with Gasteiger partial charge in [0, 0.05) is 19.3 Å². The van der Waals surface area contributed by atoms with Crippen LogP contribution in [0.5, 0.6) is 0 Å². The molecule has 1 aliphatic carbocycles. The number of hydrogen-bond donors (Lipinski definition) is 0. The summed E-state index contributed by atoms with van der Waals surface area (Å²) in [6.45, 7) is 8.65.